The maximum atomic E-state index is 5.48. The Balaban J connectivity index is 1.88. The standard InChI is InChI=1S/C16H22N2O2/c1-16(2,3)17-6-5-11-9-18(4)13-8-15-14(7-12(11)13)19-10-20-15/h7-9,17H,5-6,10H2,1-4H3. The first kappa shape index (κ1) is 13.3. The molecule has 0 fully saturated rings. The van der Waals surface area contributed by atoms with Gasteiger partial charge in [-0.3, -0.25) is 0 Å². The fraction of sp³-hybridized carbons (Fsp3) is 0.500. The topological polar surface area (TPSA) is 35.4 Å². The molecule has 0 saturated heterocycles. The van der Waals surface area contributed by atoms with Gasteiger partial charge in [-0.1, -0.05) is 0 Å². The van der Waals surface area contributed by atoms with Gasteiger partial charge in [0.2, 0.25) is 6.79 Å². The lowest BCUT2D eigenvalue weighted by Crippen LogP contribution is -2.37. The summed E-state index contributed by atoms with van der Waals surface area (Å²) in [5.41, 5.74) is 2.69. The molecule has 0 aliphatic carbocycles. The number of rotatable bonds is 3. The molecule has 20 heavy (non-hydrogen) atoms. The van der Waals surface area contributed by atoms with Crippen molar-refractivity contribution in [2.75, 3.05) is 13.3 Å². The summed E-state index contributed by atoms with van der Waals surface area (Å²) in [5.74, 6) is 1.70. The van der Waals surface area contributed by atoms with E-state index in [0.717, 1.165) is 24.5 Å². The molecule has 0 atom stereocenters. The van der Waals surface area contributed by atoms with Gasteiger partial charge in [-0.2, -0.15) is 0 Å². The largest absolute Gasteiger partial charge is 0.454 e. The Labute approximate surface area is 119 Å². The Morgan fingerprint density at radius 3 is 2.60 bits per heavy atom. The van der Waals surface area contributed by atoms with Crippen LogP contribution in [-0.2, 0) is 13.5 Å². The van der Waals surface area contributed by atoms with Crippen LogP contribution in [0.5, 0.6) is 11.5 Å². The van der Waals surface area contributed by atoms with Crippen LogP contribution in [0.15, 0.2) is 18.3 Å². The van der Waals surface area contributed by atoms with Crippen molar-refractivity contribution in [1.29, 1.82) is 0 Å². The molecule has 4 heteroatoms. The first-order valence-corrected chi connectivity index (χ1v) is 7.07. The highest BCUT2D eigenvalue weighted by Gasteiger charge is 2.18. The Kier molecular flexibility index (Phi) is 3.13. The minimum absolute atomic E-state index is 0.156. The molecule has 1 aromatic carbocycles. The third-order valence-corrected chi connectivity index (χ3v) is 3.62. The second kappa shape index (κ2) is 4.70. The van der Waals surface area contributed by atoms with Gasteiger partial charge in [0.15, 0.2) is 11.5 Å². The summed E-state index contributed by atoms with van der Waals surface area (Å²) in [6.07, 6.45) is 3.21. The second-order valence-corrected chi connectivity index (χ2v) is 6.41. The van der Waals surface area contributed by atoms with Gasteiger partial charge in [-0.15, -0.1) is 0 Å². The molecule has 0 amide bonds. The molecule has 1 aliphatic rings. The first-order valence-electron chi connectivity index (χ1n) is 7.07. The predicted molar refractivity (Wildman–Crippen MR) is 80.5 cm³/mol. The zero-order chi connectivity index (χ0) is 14.3. The van der Waals surface area contributed by atoms with E-state index in [1.807, 2.05) is 0 Å². The fourth-order valence-electron chi connectivity index (χ4n) is 2.62. The van der Waals surface area contributed by atoms with Gasteiger partial charge in [-0.25, -0.2) is 0 Å². The minimum atomic E-state index is 0.156. The normalized spacial score (nSPS) is 14.2. The molecule has 0 radical (unpaired) electrons. The Morgan fingerprint density at radius 1 is 1.20 bits per heavy atom. The summed E-state index contributed by atoms with van der Waals surface area (Å²) in [6.45, 7) is 7.86. The third kappa shape index (κ3) is 2.48. The Bertz CT molecular complexity index is 638. The van der Waals surface area contributed by atoms with Crippen LogP contribution < -0.4 is 14.8 Å². The molecule has 0 bridgehead atoms. The molecule has 108 valence electrons. The van der Waals surface area contributed by atoms with Gasteiger partial charge in [0.1, 0.15) is 0 Å². The van der Waals surface area contributed by atoms with Crippen LogP contribution >= 0.6 is 0 Å². The molecule has 0 spiro atoms. The molecule has 1 aliphatic heterocycles. The van der Waals surface area contributed by atoms with Gasteiger partial charge < -0.3 is 19.4 Å². The number of benzene rings is 1. The quantitative estimate of drug-likeness (QED) is 0.935. The van der Waals surface area contributed by atoms with E-state index in [4.69, 9.17) is 9.47 Å². The molecule has 1 N–H and O–H groups in total. The molecular formula is C16H22N2O2. The van der Waals surface area contributed by atoms with E-state index in [1.165, 1.54) is 16.5 Å². The van der Waals surface area contributed by atoms with Gasteiger partial charge in [0.05, 0.1) is 5.52 Å². The van der Waals surface area contributed by atoms with Crippen molar-refractivity contribution in [3.63, 3.8) is 0 Å². The van der Waals surface area contributed by atoms with Crippen molar-refractivity contribution in [2.24, 2.45) is 7.05 Å². The average Bonchev–Trinajstić information content (AvgIpc) is 2.91. The van der Waals surface area contributed by atoms with Crippen molar-refractivity contribution in [2.45, 2.75) is 32.7 Å². The molecule has 0 saturated carbocycles. The van der Waals surface area contributed by atoms with Crippen LogP contribution in [0.2, 0.25) is 0 Å². The number of hydrogen-bond donors (Lipinski definition) is 1. The van der Waals surface area contributed by atoms with E-state index in [0.29, 0.717) is 6.79 Å². The van der Waals surface area contributed by atoms with E-state index >= 15 is 0 Å². The van der Waals surface area contributed by atoms with Gasteiger partial charge in [0, 0.05) is 30.2 Å². The summed E-state index contributed by atoms with van der Waals surface area (Å²) in [5, 5.41) is 4.79. The van der Waals surface area contributed by atoms with Crippen LogP contribution in [0.25, 0.3) is 10.9 Å². The van der Waals surface area contributed by atoms with Gasteiger partial charge >= 0.3 is 0 Å². The maximum absolute atomic E-state index is 5.48. The number of nitrogens with one attached hydrogen (secondary N) is 1. The van der Waals surface area contributed by atoms with Crippen LogP contribution in [0.1, 0.15) is 26.3 Å². The predicted octanol–water partition coefficient (Wildman–Crippen LogP) is 2.84. The molecule has 2 heterocycles. The third-order valence-electron chi connectivity index (χ3n) is 3.62. The average molecular weight is 274 g/mol. The molecule has 0 unspecified atom stereocenters. The lowest BCUT2D eigenvalue weighted by Gasteiger charge is -2.20. The fourth-order valence-corrected chi connectivity index (χ4v) is 2.62. The summed E-state index contributed by atoms with van der Waals surface area (Å²) in [4.78, 5) is 0. The lowest BCUT2D eigenvalue weighted by atomic mass is 10.1. The Morgan fingerprint density at radius 2 is 1.90 bits per heavy atom. The smallest absolute Gasteiger partial charge is 0.231 e. The highest BCUT2D eigenvalue weighted by Crippen LogP contribution is 2.37. The zero-order valence-corrected chi connectivity index (χ0v) is 12.6. The zero-order valence-electron chi connectivity index (χ0n) is 12.6. The maximum Gasteiger partial charge on any atom is 0.231 e. The minimum Gasteiger partial charge on any atom is -0.454 e. The number of aryl methyl sites for hydroxylation is 1. The van der Waals surface area contributed by atoms with Crippen molar-refractivity contribution >= 4 is 10.9 Å². The van der Waals surface area contributed by atoms with Crippen LogP contribution in [0.3, 0.4) is 0 Å². The van der Waals surface area contributed by atoms with Crippen LogP contribution in [-0.4, -0.2) is 23.4 Å². The lowest BCUT2D eigenvalue weighted by molar-refractivity contribution is 0.174. The second-order valence-electron chi connectivity index (χ2n) is 6.41. The summed E-state index contributed by atoms with van der Waals surface area (Å²) < 4.78 is 13.1. The SMILES string of the molecule is Cn1cc(CCNC(C)(C)C)c2cc3c(cc21)OCO3. The molecule has 1 aromatic heterocycles. The van der Waals surface area contributed by atoms with Crippen molar-refractivity contribution in [3.8, 4) is 11.5 Å². The molecule has 2 aromatic rings. The summed E-state index contributed by atoms with van der Waals surface area (Å²) in [6, 6.07) is 4.17. The number of ether oxygens (including phenoxy) is 2. The summed E-state index contributed by atoms with van der Waals surface area (Å²) >= 11 is 0. The summed E-state index contributed by atoms with van der Waals surface area (Å²) in [7, 11) is 2.07. The number of aromatic nitrogens is 1. The number of nitrogens with zero attached hydrogens (tertiary/aromatic N) is 1. The molecular weight excluding hydrogens is 252 g/mol. The van der Waals surface area contributed by atoms with E-state index in [9.17, 15) is 0 Å². The number of hydrogen-bond acceptors (Lipinski definition) is 3. The van der Waals surface area contributed by atoms with Crippen molar-refractivity contribution < 1.29 is 9.47 Å². The van der Waals surface area contributed by atoms with E-state index in [1.54, 1.807) is 0 Å². The number of fused-ring (bicyclic) bond motifs is 2. The van der Waals surface area contributed by atoms with Gasteiger partial charge in [0.25, 0.3) is 0 Å². The van der Waals surface area contributed by atoms with E-state index < -0.39 is 0 Å². The highest BCUT2D eigenvalue weighted by atomic mass is 16.7. The van der Waals surface area contributed by atoms with Crippen molar-refractivity contribution in [3.05, 3.63) is 23.9 Å². The molecule has 4 nitrogen and oxygen atoms in total. The van der Waals surface area contributed by atoms with Crippen molar-refractivity contribution in [1.82, 2.24) is 9.88 Å². The first-order chi connectivity index (χ1) is 9.44. The monoisotopic (exact) mass is 274 g/mol. The van der Waals surface area contributed by atoms with Crippen LogP contribution in [0, 0.1) is 0 Å². The highest BCUT2D eigenvalue weighted by molar-refractivity contribution is 5.87. The molecule has 3 rings (SSSR count). The van der Waals surface area contributed by atoms with E-state index in [2.05, 4.69) is 56.0 Å². The van der Waals surface area contributed by atoms with Gasteiger partial charge in [-0.05, 0) is 45.4 Å². The van der Waals surface area contributed by atoms with Crippen LogP contribution in [0.4, 0.5) is 0 Å². The van der Waals surface area contributed by atoms with E-state index in [-0.39, 0.29) is 5.54 Å². The Hall–Kier alpha value is -1.68.